The maximum absolute atomic E-state index is 5.89. The molecule has 0 aliphatic heterocycles. The monoisotopic (exact) mass is 178 g/mol. The number of hydrogen-bond acceptors (Lipinski definition) is 2. The first-order chi connectivity index (χ1) is 5.97. The molecule has 0 aromatic carbocycles. The lowest BCUT2D eigenvalue weighted by atomic mass is 9.98. The van der Waals surface area contributed by atoms with Crippen molar-refractivity contribution in [3.8, 4) is 0 Å². The van der Waals surface area contributed by atoms with Gasteiger partial charge in [-0.15, -0.1) is 0 Å². The number of pyridine rings is 1. The van der Waals surface area contributed by atoms with E-state index in [4.69, 9.17) is 5.73 Å². The second-order valence-corrected chi connectivity index (χ2v) is 4.32. The topological polar surface area (TPSA) is 38.9 Å². The first-order valence-electron chi connectivity index (χ1n) is 4.68. The van der Waals surface area contributed by atoms with Crippen LogP contribution < -0.4 is 5.73 Å². The van der Waals surface area contributed by atoms with Crippen molar-refractivity contribution >= 4 is 0 Å². The molecule has 1 aromatic heterocycles. The Bertz CT molecular complexity index is 256. The predicted octanol–water partition coefficient (Wildman–Crippen LogP) is 2.06. The van der Waals surface area contributed by atoms with Crippen molar-refractivity contribution in [2.45, 2.75) is 39.2 Å². The van der Waals surface area contributed by atoms with Crippen LogP contribution in [0.3, 0.4) is 0 Å². The van der Waals surface area contributed by atoms with E-state index in [0.717, 1.165) is 18.5 Å². The molecule has 0 atom stereocenters. The van der Waals surface area contributed by atoms with Crippen LogP contribution in [0.15, 0.2) is 18.3 Å². The maximum atomic E-state index is 5.89. The summed E-state index contributed by atoms with van der Waals surface area (Å²) in [5, 5.41) is 0. The summed E-state index contributed by atoms with van der Waals surface area (Å²) in [5.74, 6) is 0. The molecule has 0 aliphatic rings. The molecule has 0 bridgehead atoms. The van der Waals surface area contributed by atoms with E-state index >= 15 is 0 Å². The van der Waals surface area contributed by atoms with E-state index in [1.807, 2.05) is 27.0 Å². The van der Waals surface area contributed by atoms with Crippen molar-refractivity contribution in [1.29, 1.82) is 0 Å². The van der Waals surface area contributed by atoms with E-state index in [0.29, 0.717) is 0 Å². The molecule has 0 radical (unpaired) electrons. The number of hydrogen-bond donors (Lipinski definition) is 1. The fourth-order valence-electron chi connectivity index (χ4n) is 1.10. The molecule has 0 aliphatic carbocycles. The fourth-order valence-corrected chi connectivity index (χ4v) is 1.10. The lowest BCUT2D eigenvalue weighted by molar-refractivity contribution is 0.474. The van der Waals surface area contributed by atoms with Crippen LogP contribution in [0.4, 0.5) is 0 Å². The van der Waals surface area contributed by atoms with Gasteiger partial charge in [-0.3, -0.25) is 4.98 Å². The molecule has 0 saturated carbocycles. The molecule has 2 nitrogen and oxygen atoms in total. The normalized spacial score (nSPS) is 11.7. The van der Waals surface area contributed by atoms with Crippen molar-refractivity contribution < 1.29 is 0 Å². The molecule has 0 amide bonds. The third-order valence-corrected chi connectivity index (χ3v) is 2.00. The highest BCUT2D eigenvalue weighted by molar-refractivity contribution is 5.12. The first kappa shape index (κ1) is 10.2. The molecule has 0 fully saturated rings. The van der Waals surface area contributed by atoms with Gasteiger partial charge in [0.15, 0.2) is 0 Å². The number of nitrogens with zero attached hydrogens (tertiary/aromatic N) is 1. The number of aryl methyl sites for hydroxylation is 2. The zero-order valence-electron chi connectivity index (χ0n) is 8.67. The molecule has 1 aromatic rings. The molecular formula is C11H18N2. The van der Waals surface area contributed by atoms with Crippen molar-refractivity contribution in [1.82, 2.24) is 4.98 Å². The van der Waals surface area contributed by atoms with Gasteiger partial charge in [-0.05, 0) is 45.2 Å². The summed E-state index contributed by atoms with van der Waals surface area (Å²) in [4.78, 5) is 4.33. The van der Waals surface area contributed by atoms with Crippen LogP contribution in [0, 0.1) is 6.92 Å². The Morgan fingerprint density at radius 3 is 2.54 bits per heavy atom. The predicted molar refractivity (Wildman–Crippen MR) is 55.6 cm³/mol. The summed E-state index contributed by atoms with van der Waals surface area (Å²) in [6, 6.07) is 4.16. The fraction of sp³-hybridized carbons (Fsp3) is 0.545. The van der Waals surface area contributed by atoms with Crippen LogP contribution >= 0.6 is 0 Å². The van der Waals surface area contributed by atoms with Crippen LogP contribution in [0.5, 0.6) is 0 Å². The summed E-state index contributed by atoms with van der Waals surface area (Å²) in [5.41, 5.74) is 8.13. The second-order valence-electron chi connectivity index (χ2n) is 4.32. The van der Waals surface area contributed by atoms with E-state index in [9.17, 15) is 0 Å². The summed E-state index contributed by atoms with van der Waals surface area (Å²) in [6.45, 7) is 6.13. The van der Waals surface area contributed by atoms with Gasteiger partial charge in [0.05, 0.1) is 0 Å². The molecule has 1 heterocycles. The van der Waals surface area contributed by atoms with Gasteiger partial charge in [-0.2, -0.15) is 0 Å². The lowest BCUT2D eigenvalue weighted by Crippen LogP contribution is -2.32. The van der Waals surface area contributed by atoms with Crippen molar-refractivity contribution in [2.24, 2.45) is 5.73 Å². The number of nitrogens with two attached hydrogens (primary N) is 1. The Kier molecular flexibility index (Phi) is 3.04. The molecular weight excluding hydrogens is 160 g/mol. The van der Waals surface area contributed by atoms with E-state index < -0.39 is 0 Å². The van der Waals surface area contributed by atoms with Crippen molar-refractivity contribution in [3.05, 3.63) is 29.6 Å². The minimum Gasteiger partial charge on any atom is -0.326 e. The standard InChI is InChI=1S/C11H18N2/c1-9-4-5-10(13-8-9)6-7-11(2,3)12/h4-5,8H,6-7,12H2,1-3H3. The van der Waals surface area contributed by atoms with E-state index in [2.05, 4.69) is 17.1 Å². The van der Waals surface area contributed by atoms with Gasteiger partial charge in [-0.25, -0.2) is 0 Å². The van der Waals surface area contributed by atoms with Crippen molar-refractivity contribution in [2.75, 3.05) is 0 Å². The van der Waals surface area contributed by atoms with Gasteiger partial charge in [0.25, 0.3) is 0 Å². The lowest BCUT2D eigenvalue weighted by Gasteiger charge is -2.17. The average Bonchev–Trinajstić information content (AvgIpc) is 2.02. The molecule has 13 heavy (non-hydrogen) atoms. The highest BCUT2D eigenvalue weighted by Crippen LogP contribution is 2.09. The highest BCUT2D eigenvalue weighted by Gasteiger charge is 2.10. The van der Waals surface area contributed by atoms with Crippen LogP contribution in [-0.2, 0) is 6.42 Å². The Labute approximate surface area is 80.2 Å². The number of aromatic nitrogens is 1. The molecule has 0 saturated heterocycles. The average molecular weight is 178 g/mol. The van der Waals surface area contributed by atoms with Crippen LogP contribution in [-0.4, -0.2) is 10.5 Å². The van der Waals surface area contributed by atoms with Gasteiger partial charge >= 0.3 is 0 Å². The Morgan fingerprint density at radius 1 is 1.38 bits per heavy atom. The van der Waals surface area contributed by atoms with Crippen LogP contribution in [0.1, 0.15) is 31.5 Å². The largest absolute Gasteiger partial charge is 0.326 e. The van der Waals surface area contributed by atoms with Crippen molar-refractivity contribution in [3.63, 3.8) is 0 Å². The summed E-state index contributed by atoms with van der Waals surface area (Å²) in [7, 11) is 0. The first-order valence-corrected chi connectivity index (χ1v) is 4.68. The molecule has 1 rings (SSSR count). The Morgan fingerprint density at radius 2 is 2.08 bits per heavy atom. The molecule has 0 spiro atoms. The minimum absolute atomic E-state index is 0.0907. The van der Waals surface area contributed by atoms with Gasteiger partial charge < -0.3 is 5.73 Å². The number of rotatable bonds is 3. The summed E-state index contributed by atoms with van der Waals surface area (Å²) < 4.78 is 0. The van der Waals surface area contributed by atoms with Gasteiger partial charge in [-0.1, -0.05) is 6.07 Å². The SMILES string of the molecule is Cc1ccc(CCC(C)(C)N)nc1. The van der Waals surface area contributed by atoms with Gasteiger partial charge in [0.1, 0.15) is 0 Å². The summed E-state index contributed by atoms with van der Waals surface area (Å²) >= 11 is 0. The maximum Gasteiger partial charge on any atom is 0.0404 e. The highest BCUT2D eigenvalue weighted by atomic mass is 14.7. The van der Waals surface area contributed by atoms with Crippen LogP contribution in [0.25, 0.3) is 0 Å². The van der Waals surface area contributed by atoms with Crippen LogP contribution in [0.2, 0.25) is 0 Å². The Hall–Kier alpha value is -0.890. The second kappa shape index (κ2) is 3.88. The molecule has 2 heteroatoms. The molecule has 0 unspecified atom stereocenters. The van der Waals surface area contributed by atoms with E-state index in [1.54, 1.807) is 0 Å². The van der Waals surface area contributed by atoms with E-state index in [-0.39, 0.29) is 5.54 Å². The van der Waals surface area contributed by atoms with Gasteiger partial charge in [0, 0.05) is 17.4 Å². The third-order valence-electron chi connectivity index (χ3n) is 2.00. The minimum atomic E-state index is -0.0907. The third kappa shape index (κ3) is 4.04. The summed E-state index contributed by atoms with van der Waals surface area (Å²) in [6.07, 6.45) is 3.84. The molecule has 2 N–H and O–H groups in total. The smallest absolute Gasteiger partial charge is 0.0404 e. The molecule has 72 valence electrons. The Balaban J connectivity index is 2.51. The van der Waals surface area contributed by atoms with Gasteiger partial charge in [0.2, 0.25) is 0 Å². The zero-order valence-corrected chi connectivity index (χ0v) is 8.67. The zero-order chi connectivity index (χ0) is 9.90. The van der Waals surface area contributed by atoms with E-state index in [1.165, 1.54) is 5.56 Å². The quantitative estimate of drug-likeness (QED) is 0.769.